The SMILES string of the molecule is CCCC[C@@H](C=O)NC(=O)[C@H](CC(C)C)NC(=O)c1ccc2ccccc2c1. The summed E-state index contributed by atoms with van der Waals surface area (Å²) < 4.78 is 0. The van der Waals surface area contributed by atoms with Crippen LogP contribution in [0.25, 0.3) is 10.8 Å². The number of carbonyl (C=O) groups excluding carboxylic acids is 3. The zero-order valence-corrected chi connectivity index (χ0v) is 16.9. The Morgan fingerprint density at radius 1 is 1.04 bits per heavy atom. The second-order valence-corrected chi connectivity index (χ2v) is 7.61. The molecule has 0 fully saturated rings. The van der Waals surface area contributed by atoms with Crippen molar-refractivity contribution in [2.24, 2.45) is 5.92 Å². The highest BCUT2D eigenvalue weighted by Gasteiger charge is 2.24. The quantitative estimate of drug-likeness (QED) is 0.613. The van der Waals surface area contributed by atoms with Gasteiger partial charge in [-0.1, -0.05) is 63.9 Å². The number of hydrogen-bond acceptors (Lipinski definition) is 3. The van der Waals surface area contributed by atoms with Crippen molar-refractivity contribution >= 4 is 28.9 Å². The topological polar surface area (TPSA) is 75.3 Å². The summed E-state index contributed by atoms with van der Waals surface area (Å²) in [6.07, 6.45) is 3.70. The Morgan fingerprint density at radius 3 is 2.39 bits per heavy atom. The van der Waals surface area contributed by atoms with Crippen LogP contribution in [0.3, 0.4) is 0 Å². The number of amides is 2. The van der Waals surface area contributed by atoms with Gasteiger partial charge in [-0.3, -0.25) is 9.59 Å². The molecule has 5 nitrogen and oxygen atoms in total. The molecule has 0 aliphatic heterocycles. The molecular formula is C23H30N2O3. The van der Waals surface area contributed by atoms with E-state index in [-0.39, 0.29) is 17.7 Å². The molecule has 5 heteroatoms. The van der Waals surface area contributed by atoms with Crippen molar-refractivity contribution in [3.8, 4) is 0 Å². The monoisotopic (exact) mass is 382 g/mol. The molecule has 150 valence electrons. The number of carbonyl (C=O) groups is 3. The van der Waals surface area contributed by atoms with Gasteiger partial charge in [-0.05, 0) is 41.7 Å². The van der Waals surface area contributed by atoms with Gasteiger partial charge >= 0.3 is 0 Å². The number of unbranched alkanes of at least 4 members (excludes halogenated alkanes) is 1. The molecular weight excluding hydrogens is 352 g/mol. The molecule has 2 N–H and O–H groups in total. The van der Waals surface area contributed by atoms with Crippen molar-refractivity contribution in [2.75, 3.05) is 0 Å². The zero-order chi connectivity index (χ0) is 20.5. The number of rotatable bonds is 10. The van der Waals surface area contributed by atoms with Gasteiger partial charge in [0.1, 0.15) is 12.3 Å². The van der Waals surface area contributed by atoms with E-state index in [1.165, 1.54) is 0 Å². The molecule has 0 saturated carbocycles. The fraction of sp³-hybridized carbons (Fsp3) is 0.435. The first-order chi connectivity index (χ1) is 13.4. The lowest BCUT2D eigenvalue weighted by Gasteiger charge is -2.22. The fourth-order valence-electron chi connectivity index (χ4n) is 3.16. The largest absolute Gasteiger partial charge is 0.345 e. The molecule has 2 rings (SSSR count). The van der Waals surface area contributed by atoms with Crippen molar-refractivity contribution in [3.05, 3.63) is 48.0 Å². The van der Waals surface area contributed by atoms with Gasteiger partial charge in [0, 0.05) is 5.56 Å². The Bertz CT molecular complexity index is 816. The Balaban J connectivity index is 2.11. The van der Waals surface area contributed by atoms with E-state index in [9.17, 15) is 14.4 Å². The van der Waals surface area contributed by atoms with E-state index in [1.807, 2.05) is 57.2 Å². The van der Waals surface area contributed by atoms with Gasteiger partial charge in [0.05, 0.1) is 6.04 Å². The van der Waals surface area contributed by atoms with Gasteiger partial charge in [0.15, 0.2) is 0 Å². The van der Waals surface area contributed by atoms with Crippen LogP contribution < -0.4 is 10.6 Å². The Morgan fingerprint density at radius 2 is 1.75 bits per heavy atom. The molecule has 0 radical (unpaired) electrons. The standard InChI is InChI=1S/C23H30N2O3/c1-4-5-10-20(15-26)24-23(28)21(13-16(2)3)25-22(27)19-12-11-17-8-6-7-9-18(17)14-19/h6-9,11-12,14-16,20-21H,4-5,10,13H2,1-3H3,(H,24,28)(H,25,27)/t20-,21-/m0/s1. The summed E-state index contributed by atoms with van der Waals surface area (Å²) in [7, 11) is 0. The Hall–Kier alpha value is -2.69. The second kappa shape index (κ2) is 10.6. The summed E-state index contributed by atoms with van der Waals surface area (Å²) in [5.41, 5.74) is 0.512. The predicted molar refractivity (Wildman–Crippen MR) is 112 cm³/mol. The Kier molecular flexibility index (Phi) is 8.18. The minimum atomic E-state index is -0.678. The van der Waals surface area contributed by atoms with Crippen LogP contribution in [0.4, 0.5) is 0 Å². The number of fused-ring (bicyclic) bond motifs is 1. The van der Waals surface area contributed by atoms with Crippen molar-refractivity contribution < 1.29 is 14.4 Å². The first kappa shape index (κ1) is 21.6. The maximum Gasteiger partial charge on any atom is 0.251 e. The lowest BCUT2D eigenvalue weighted by Crippen LogP contribution is -2.50. The van der Waals surface area contributed by atoms with E-state index in [1.54, 1.807) is 6.07 Å². The van der Waals surface area contributed by atoms with Crippen LogP contribution in [0.2, 0.25) is 0 Å². The highest BCUT2D eigenvalue weighted by atomic mass is 16.2. The van der Waals surface area contributed by atoms with Crippen molar-refractivity contribution in [2.45, 2.75) is 58.5 Å². The lowest BCUT2D eigenvalue weighted by atomic mass is 10.0. The van der Waals surface area contributed by atoms with E-state index in [0.717, 1.165) is 29.9 Å². The summed E-state index contributed by atoms with van der Waals surface area (Å²) in [6.45, 7) is 6.03. The summed E-state index contributed by atoms with van der Waals surface area (Å²) >= 11 is 0. The maximum atomic E-state index is 12.8. The minimum Gasteiger partial charge on any atom is -0.345 e. The van der Waals surface area contributed by atoms with E-state index < -0.39 is 12.1 Å². The van der Waals surface area contributed by atoms with Crippen molar-refractivity contribution in [1.29, 1.82) is 0 Å². The summed E-state index contributed by atoms with van der Waals surface area (Å²) in [6, 6.07) is 12.1. The molecule has 0 aromatic heterocycles. The summed E-state index contributed by atoms with van der Waals surface area (Å²) in [5.74, 6) is -0.378. The molecule has 0 aliphatic rings. The molecule has 0 saturated heterocycles. The van der Waals surface area contributed by atoms with Gasteiger partial charge < -0.3 is 15.4 Å². The first-order valence-electron chi connectivity index (χ1n) is 10.00. The lowest BCUT2D eigenvalue weighted by molar-refractivity contribution is -0.126. The average Bonchev–Trinajstić information content (AvgIpc) is 2.69. The van der Waals surface area contributed by atoms with Gasteiger partial charge in [-0.15, -0.1) is 0 Å². The van der Waals surface area contributed by atoms with Crippen LogP contribution in [0, 0.1) is 5.92 Å². The molecule has 0 heterocycles. The van der Waals surface area contributed by atoms with Crippen LogP contribution in [0.1, 0.15) is 56.8 Å². The van der Waals surface area contributed by atoms with Crippen LogP contribution in [-0.2, 0) is 9.59 Å². The third-order valence-corrected chi connectivity index (χ3v) is 4.70. The second-order valence-electron chi connectivity index (χ2n) is 7.61. The Labute approximate surface area is 166 Å². The summed E-state index contributed by atoms with van der Waals surface area (Å²) in [4.78, 5) is 36.7. The van der Waals surface area contributed by atoms with Gasteiger partial charge in [-0.2, -0.15) is 0 Å². The van der Waals surface area contributed by atoms with Crippen LogP contribution in [0.15, 0.2) is 42.5 Å². The van der Waals surface area contributed by atoms with Gasteiger partial charge in [0.25, 0.3) is 5.91 Å². The number of nitrogens with one attached hydrogen (secondary N) is 2. The number of benzene rings is 2. The van der Waals surface area contributed by atoms with E-state index >= 15 is 0 Å². The van der Waals surface area contributed by atoms with E-state index in [0.29, 0.717) is 18.4 Å². The molecule has 2 amide bonds. The molecule has 28 heavy (non-hydrogen) atoms. The highest BCUT2D eigenvalue weighted by Crippen LogP contribution is 2.16. The number of hydrogen-bond donors (Lipinski definition) is 2. The molecule has 0 spiro atoms. The first-order valence-corrected chi connectivity index (χ1v) is 10.00. The van der Waals surface area contributed by atoms with E-state index in [2.05, 4.69) is 10.6 Å². The smallest absolute Gasteiger partial charge is 0.251 e. The molecule has 0 unspecified atom stereocenters. The predicted octanol–water partition coefficient (Wildman–Crippen LogP) is 3.86. The molecule has 2 aromatic carbocycles. The van der Waals surface area contributed by atoms with Gasteiger partial charge in [0.2, 0.25) is 5.91 Å². The average molecular weight is 383 g/mol. The van der Waals surface area contributed by atoms with E-state index in [4.69, 9.17) is 0 Å². The number of aldehydes is 1. The summed E-state index contributed by atoms with van der Waals surface area (Å²) in [5, 5.41) is 7.65. The molecule has 2 atom stereocenters. The third-order valence-electron chi connectivity index (χ3n) is 4.70. The molecule has 2 aromatic rings. The maximum absolute atomic E-state index is 12.8. The third kappa shape index (κ3) is 6.19. The van der Waals surface area contributed by atoms with Gasteiger partial charge in [-0.25, -0.2) is 0 Å². The van der Waals surface area contributed by atoms with Crippen LogP contribution in [-0.4, -0.2) is 30.2 Å². The zero-order valence-electron chi connectivity index (χ0n) is 16.9. The minimum absolute atomic E-state index is 0.220. The van der Waals surface area contributed by atoms with Crippen molar-refractivity contribution in [1.82, 2.24) is 10.6 Å². The van der Waals surface area contributed by atoms with Crippen LogP contribution >= 0.6 is 0 Å². The molecule has 0 bridgehead atoms. The highest BCUT2D eigenvalue weighted by molar-refractivity contribution is 6.00. The fourth-order valence-corrected chi connectivity index (χ4v) is 3.16. The normalized spacial score (nSPS) is 13.1. The van der Waals surface area contributed by atoms with Crippen LogP contribution in [0.5, 0.6) is 0 Å². The van der Waals surface area contributed by atoms with Crippen molar-refractivity contribution in [3.63, 3.8) is 0 Å². The molecule has 0 aliphatic carbocycles.